The first-order chi connectivity index (χ1) is 9.56. The highest BCUT2D eigenvalue weighted by atomic mass is 35.5. The Morgan fingerprint density at radius 2 is 2.15 bits per heavy atom. The predicted octanol–water partition coefficient (Wildman–Crippen LogP) is 0.916. The molecule has 2 aliphatic heterocycles. The summed E-state index contributed by atoms with van der Waals surface area (Å²) < 4.78 is 11.6. The fourth-order valence-corrected chi connectivity index (χ4v) is 3.16. The van der Waals surface area contributed by atoms with Crippen LogP contribution in [0.15, 0.2) is 18.2 Å². The van der Waals surface area contributed by atoms with Gasteiger partial charge in [-0.15, -0.1) is 0 Å². The van der Waals surface area contributed by atoms with Crippen LogP contribution in [-0.4, -0.2) is 40.2 Å². The molecular weight excluding hydrogens is 284 g/mol. The van der Waals surface area contributed by atoms with Gasteiger partial charge in [0.15, 0.2) is 0 Å². The Bertz CT molecular complexity index is 508. The minimum Gasteiger partial charge on any atom is -0.396 e. The van der Waals surface area contributed by atoms with Crippen LogP contribution in [0.25, 0.3) is 0 Å². The molecule has 2 aliphatic rings. The lowest BCUT2D eigenvalue weighted by atomic mass is 9.88. The number of ether oxygens (including phenoxy) is 2. The molecule has 1 spiro atoms. The van der Waals surface area contributed by atoms with Gasteiger partial charge in [0.1, 0.15) is 6.10 Å². The summed E-state index contributed by atoms with van der Waals surface area (Å²) in [6.45, 7) is 0.225. The average Bonchev–Trinajstić information content (AvgIpc) is 2.75. The molecule has 1 aromatic rings. The van der Waals surface area contributed by atoms with Gasteiger partial charge in [-0.3, -0.25) is 0 Å². The Balaban J connectivity index is 1.99. The first kappa shape index (κ1) is 14.3. The Morgan fingerprint density at radius 1 is 1.35 bits per heavy atom. The van der Waals surface area contributed by atoms with Crippen LogP contribution < -0.4 is 0 Å². The molecule has 2 heterocycles. The van der Waals surface area contributed by atoms with Crippen molar-refractivity contribution in [1.29, 1.82) is 0 Å². The van der Waals surface area contributed by atoms with E-state index in [1.165, 1.54) is 0 Å². The largest absolute Gasteiger partial charge is 0.396 e. The van der Waals surface area contributed by atoms with Crippen LogP contribution in [0.3, 0.4) is 0 Å². The summed E-state index contributed by atoms with van der Waals surface area (Å²) in [5.41, 5.74) is 1.53. The number of halogens is 1. The van der Waals surface area contributed by atoms with Crippen molar-refractivity contribution >= 4 is 11.6 Å². The van der Waals surface area contributed by atoms with E-state index in [0.29, 0.717) is 17.0 Å². The van der Waals surface area contributed by atoms with E-state index in [0.717, 1.165) is 5.56 Å². The molecule has 5 nitrogen and oxygen atoms in total. The molecule has 0 aromatic heterocycles. The second-order valence-corrected chi connectivity index (χ2v) is 5.69. The normalized spacial score (nSPS) is 36.3. The third-order valence-electron chi connectivity index (χ3n) is 3.94. The van der Waals surface area contributed by atoms with Crippen molar-refractivity contribution in [1.82, 2.24) is 0 Å². The second kappa shape index (κ2) is 5.26. The third kappa shape index (κ3) is 2.15. The van der Waals surface area contributed by atoms with Gasteiger partial charge in [-0.05, 0) is 24.1 Å². The number of rotatable bonds is 2. The van der Waals surface area contributed by atoms with E-state index in [9.17, 15) is 10.2 Å². The molecule has 1 saturated heterocycles. The van der Waals surface area contributed by atoms with Crippen molar-refractivity contribution < 1.29 is 24.8 Å². The van der Waals surface area contributed by atoms with E-state index >= 15 is 0 Å². The van der Waals surface area contributed by atoms with Crippen molar-refractivity contribution in [2.24, 2.45) is 0 Å². The maximum Gasteiger partial charge on any atom is 0.225 e. The smallest absolute Gasteiger partial charge is 0.225 e. The molecule has 0 saturated carbocycles. The molecule has 0 unspecified atom stereocenters. The number of benzene rings is 1. The van der Waals surface area contributed by atoms with Crippen molar-refractivity contribution in [3.63, 3.8) is 0 Å². The summed E-state index contributed by atoms with van der Waals surface area (Å²) in [4.78, 5) is 0. The molecule has 3 N–H and O–H groups in total. The SMILES string of the molecule is OCC[C@@H]1C[C@H](O)[C@@H](O)[C@]2(OCc3cc(Cl)ccc32)O1. The van der Waals surface area contributed by atoms with E-state index in [1.54, 1.807) is 18.2 Å². The van der Waals surface area contributed by atoms with Gasteiger partial charge in [0.05, 0.1) is 18.8 Å². The third-order valence-corrected chi connectivity index (χ3v) is 4.17. The number of aliphatic hydroxyl groups is 3. The molecule has 20 heavy (non-hydrogen) atoms. The van der Waals surface area contributed by atoms with E-state index in [-0.39, 0.29) is 25.7 Å². The molecule has 3 rings (SSSR count). The van der Waals surface area contributed by atoms with Gasteiger partial charge in [-0.1, -0.05) is 17.7 Å². The zero-order valence-electron chi connectivity index (χ0n) is 10.8. The summed E-state index contributed by atoms with van der Waals surface area (Å²) in [5, 5.41) is 30.0. The highest BCUT2D eigenvalue weighted by Gasteiger charge is 2.54. The van der Waals surface area contributed by atoms with Crippen molar-refractivity contribution in [3.8, 4) is 0 Å². The van der Waals surface area contributed by atoms with Gasteiger partial charge in [0.25, 0.3) is 0 Å². The van der Waals surface area contributed by atoms with Crippen molar-refractivity contribution in [3.05, 3.63) is 34.3 Å². The Morgan fingerprint density at radius 3 is 2.90 bits per heavy atom. The van der Waals surface area contributed by atoms with Crippen LogP contribution in [0.5, 0.6) is 0 Å². The maximum absolute atomic E-state index is 10.3. The Hall–Kier alpha value is -0.690. The predicted molar refractivity (Wildman–Crippen MR) is 71.1 cm³/mol. The summed E-state index contributed by atoms with van der Waals surface area (Å²) in [5.74, 6) is -1.36. The van der Waals surface area contributed by atoms with Gasteiger partial charge in [-0.2, -0.15) is 0 Å². The van der Waals surface area contributed by atoms with Gasteiger partial charge < -0.3 is 24.8 Å². The van der Waals surface area contributed by atoms with E-state index in [1.807, 2.05) is 0 Å². The fourth-order valence-electron chi connectivity index (χ4n) is 2.96. The quantitative estimate of drug-likeness (QED) is 0.757. The highest BCUT2D eigenvalue weighted by Crippen LogP contribution is 2.46. The van der Waals surface area contributed by atoms with Crippen LogP contribution in [0.1, 0.15) is 24.0 Å². The minimum atomic E-state index is -1.36. The minimum absolute atomic E-state index is 0.0446. The van der Waals surface area contributed by atoms with Gasteiger partial charge in [0.2, 0.25) is 5.79 Å². The van der Waals surface area contributed by atoms with Crippen LogP contribution in [0, 0.1) is 0 Å². The first-order valence-corrected chi connectivity index (χ1v) is 7.02. The Kier molecular flexibility index (Phi) is 3.75. The summed E-state index contributed by atoms with van der Waals surface area (Å²) in [6.07, 6.45) is -1.82. The zero-order valence-corrected chi connectivity index (χ0v) is 11.6. The van der Waals surface area contributed by atoms with Crippen molar-refractivity contribution in [2.75, 3.05) is 6.61 Å². The summed E-state index contributed by atoms with van der Waals surface area (Å²) >= 11 is 5.95. The molecule has 0 aliphatic carbocycles. The molecule has 110 valence electrons. The maximum atomic E-state index is 10.3. The summed E-state index contributed by atoms with van der Waals surface area (Å²) in [7, 11) is 0. The van der Waals surface area contributed by atoms with Gasteiger partial charge in [0, 0.05) is 23.6 Å². The molecule has 0 bridgehead atoms. The first-order valence-electron chi connectivity index (χ1n) is 6.64. The molecular formula is C14H17ClO5. The van der Waals surface area contributed by atoms with Crippen LogP contribution in [-0.2, 0) is 21.9 Å². The molecule has 6 heteroatoms. The molecule has 4 atom stereocenters. The van der Waals surface area contributed by atoms with Gasteiger partial charge in [-0.25, -0.2) is 0 Å². The topological polar surface area (TPSA) is 79.2 Å². The number of hydrogen-bond acceptors (Lipinski definition) is 5. The number of aliphatic hydroxyl groups excluding tert-OH is 3. The molecule has 1 aromatic carbocycles. The number of fused-ring (bicyclic) bond motifs is 2. The molecule has 0 radical (unpaired) electrons. The van der Waals surface area contributed by atoms with Crippen LogP contribution in [0.4, 0.5) is 0 Å². The zero-order chi connectivity index (χ0) is 14.3. The van der Waals surface area contributed by atoms with Crippen molar-refractivity contribution in [2.45, 2.75) is 43.5 Å². The lowest BCUT2D eigenvalue weighted by Gasteiger charge is -2.44. The Labute approximate surface area is 121 Å². The lowest BCUT2D eigenvalue weighted by molar-refractivity contribution is -0.345. The van der Waals surface area contributed by atoms with E-state index < -0.39 is 18.0 Å². The van der Waals surface area contributed by atoms with E-state index in [4.69, 9.17) is 26.2 Å². The van der Waals surface area contributed by atoms with Crippen LogP contribution >= 0.6 is 11.6 Å². The van der Waals surface area contributed by atoms with Gasteiger partial charge >= 0.3 is 0 Å². The van der Waals surface area contributed by atoms with Crippen LogP contribution in [0.2, 0.25) is 5.02 Å². The monoisotopic (exact) mass is 300 g/mol. The second-order valence-electron chi connectivity index (χ2n) is 5.26. The lowest BCUT2D eigenvalue weighted by Crippen LogP contribution is -2.55. The highest BCUT2D eigenvalue weighted by molar-refractivity contribution is 6.30. The standard InChI is InChI=1S/C14H17ClO5/c15-9-1-2-11-8(5-9)7-19-14(11)13(18)12(17)6-10(20-14)3-4-16/h1-2,5,10,12-13,16-18H,3-4,6-7H2/t10-,12+,13-,14-/m1/s1. The fraction of sp³-hybridized carbons (Fsp3) is 0.571. The van der Waals surface area contributed by atoms with E-state index in [2.05, 4.69) is 0 Å². The summed E-state index contributed by atoms with van der Waals surface area (Å²) in [6, 6.07) is 5.22. The molecule has 0 amide bonds. The number of hydrogen-bond donors (Lipinski definition) is 3. The molecule has 1 fully saturated rings. The average molecular weight is 301 g/mol.